The quantitative estimate of drug-likeness (QED) is 0.295. The Bertz CT molecular complexity index is 1560. The summed E-state index contributed by atoms with van der Waals surface area (Å²) >= 11 is 1.04. The molecule has 0 saturated heterocycles. The maximum Gasteiger partial charge on any atom is 0.332 e. The molecule has 0 radical (unpaired) electrons. The SMILES string of the molecule is COc1ccc(-c2nc(SCC(=O)Nc3cc(C)on3)c3c(=O)n(C)c(=O)n(C)c3n2)cc1OC. The Morgan fingerprint density at radius 1 is 1.09 bits per heavy atom. The molecule has 1 aromatic carbocycles. The largest absolute Gasteiger partial charge is 0.493 e. The fourth-order valence-corrected chi connectivity index (χ4v) is 4.19. The van der Waals surface area contributed by atoms with E-state index in [0.717, 1.165) is 16.3 Å². The first-order chi connectivity index (χ1) is 16.7. The summed E-state index contributed by atoms with van der Waals surface area (Å²) in [5.74, 6) is 1.62. The Morgan fingerprint density at radius 3 is 2.49 bits per heavy atom. The minimum absolute atomic E-state index is 0.0740. The molecule has 0 atom stereocenters. The van der Waals surface area contributed by atoms with Crippen LogP contribution in [0, 0.1) is 6.92 Å². The van der Waals surface area contributed by atoms with Crippen molar-refractivity contribution in [2.24, 2.45) is 14.1 Å². The van der Waals surface area contributed by atoms with Crippen LogP contribution in [0.4, 0.5) is 5.82 Å². The van der Waals surface area contributed by atoms with E-state index in [2.05, 4.69) is 20.4 Å². The van der Waals surface area contributed by atoms with Crippen LogP contribution < -0.4 is 26.0 Å². The standard InChI is InChI=1S/C22H22N6O6S/c1-11-8-15(26-34-11)23-16(29)10-35-20-17-19(27(2)22(31)28(3)21(17)30)24-18(25-20)12-6-7-13(32-4)14(9-12)33-5/h6-9H,10H2,1-5H3,(H,23,26,29). The number of anilines is 1. The molecule has 0 aliphatic heterocycles. The second kappa shape index (κ2) is 9.62. The predicted octanol–water partition coefficient (Wildman–Crippen LogP) is 1.74. The van der Waals surface area contributed by atoms with Crippen LogP contribution in [0.15, 0.2) is 43.4 Å². The van der Waals surface area contributed by atoms with Crippen LogP contribution in [0.3, 0.4) is 0 Å². The Balaban J connectivity index is 1.80. The van der Waals surface area contributed by atoms with Crippen LogP contribution in [0.25, 0.3) is 22.4 Å². The Kier molecular flexibility index (Phi) is 6.60. The number of hydrogen-bond donors (Lipinski definition) is 1. The second-order valence-electron chi connectivity index (χ2n) is 7.49. The number of rotatable bonds is 7. The number of nitrogens with zero attached hydrogens (tertiary/aromatic N) is 5. The number of fused-ring (bicyclic) bond motifs is 1. The van der Waals surface area contributed by atoms with Crippen molar-refractivity contribution in [2.75, 3.05) is 25.3 Å². The lowest BCUT2D eigenvalue weighted by molar-refractivity contribution is -0.113. The molecule has 1 amide bonds. The van der Waals surface area contributed by atoms with Gasteiger partial charge in [-0.1, -0.05) is 16.9 Å². The summed E-state index contributed by atoms with van der Waals surface area (Å²) in [7, 11) is 5.92. The molecule has 182 valence electrons. The number of amides is 1. The first kappa shape index (κ1) is 24.0. The third-order valence-corrected chi connectivity index (χ3v) is 6.12. The van der Waals surface area contributed by atoms with Crippen LogP contribution in [0.2, 0.25) is 0 Å². The Labute approximate surface area is 202 Å². The molecule has 4 rings (SSSR count). The van der Waals surface area contributed by atoms with E-state index in [4.69, 9.17) is 14.0 Å². The van der Waals surface area contributed by atoms with Crippen molar-refractivity contribution in [1.82, 2.24) is 24.3 Å². The number of methoxy groups -OCH3 is 2. The molecule has 3 aromatic heterocycles. The van der Waals surface area contributed by atoms with Crippen molar-refractivity contribution >= 4 is 34.5 Å². The van der Waals surface area contributed by atoms with E-state index in [1.54, 1.807) is 31.2 Å². The van der Waals surface area contributed by atoms with E-state index in [0.29, 0.717) is 22.8 Å². The lowest BCUT2D eigenvalue weighted by Gasteiger charge is -2.13. The summed E-state index contributed by atoms with van der Waals surface area (Å²) in [4.78, 5) is 47.1. The number of aryl methyl sites for hydroxylation is 2. The molecule has 0 aliphatic carbocycles. The highest BCUT2D eigenvalue weighted by molar-refractivity contribution is 8.00. The van der Waals surface area contributed by atoms with Crippen molar-refractivity contribution in [3.63, 3.8) is 0 Å². The third kappa shape index (κ3) is 4.62. The molecule has 0 aliphatic rings. The van der Waals surface area contributed by atoms with Gasteiger partial charge in [-0.3, -0.25) is 18.7 Å². The lowest BCUT2D eigenvalue weighted by Crippen LogP contribution is -2.37. The molecule has 0 bridgehead atoms. The number of ether oxygens (including phenoxy) is 2. The van der Waals surface area contributed by atoms with E-state index in [-0.39, 0.29) is 39.4 Å². The monoisotopic (exact) mass is 498 g/mol. The summed E-state index contributed by atoms with van der Waals surface area (Å²) in [5.41, 5.74) is -0.374. The third-order valence-electron chi connectivity index (χ3n) is 5.14. The van der Waals surface area contributed by atoms with Gasteiger partial charge in [0.15, 0.2) is 28.8 Å². The van der Waals surface area contributed by atoms with Gasteiger partial charge >= 0.3 is 5.69 Å². The second-order valence-corrected chi connectivity index (χ2v) is 8.45. The van der Waals surface area contributed by atoms with E-state index >= 15 is 0 Å². The van der Waals surface area contributed by atoms with Crippen LogP contribution in [0.5, 0.6) is 11.5 Å². The van der Waals surface area contributed by atoms with Gasteiger partial charge in [-0.25, -0.2) is 14.8 Å². The van der Waals surface area contributed by atoms with Gasteiger partial charge in [-0.2, -0.15) is 0 Å². The summed E-state index contributed by atoms with van der Waals surface area (Å²) in [6, 6.07) is 6.71. The smallest absolute Gasteiger partial charge is 0.332 e. The Morgan fingerprint density at radius 2 is 1.83 bits per heavy atom. The molecule has 13 heteroatoms. The fourth-order valence-electron chi connectivity index (χ4n) is 3.38. The van der Waals surface area contributed by atoms with Crippen molar-refractivity contribution in [1.29, 1.82) is 0 Å². The van der Waals surface area contributed by atoms with Gasteiger partial charge in [0.2, 0.25) is 5.91 Å². The number of carbonyl (C=O) groups excluding carboxylic acids is 1. The first-order valence-electron chi connectivity index (χ1n) is 10.3. The Hall–Kier alpha value is -4.13. The fraction of sp³-hybridized carbons (Fsp3) is 0.273. The maximum absolute atomic E-state index is 13.0. The highest BCUT2D eigenvalue weighted by Crippen LogP contribution is 2.32. The van der Waals surface area contributed by atoms with Crippen molar-refractivity contribution in [3.05, 3.63) is 50.9 Å². The van der Waals surface area contributed by atoms with Gasteiger partial charge in [0, 0.05) is 25.7 Å². The minimum Gasteiger partial charge on any atom is -0.493 e. The zero-order valence-corrected chi connectivity index (χ0v) is 20.4. The molecule has 1 N–H and O–H groups in total. The topological polar surface area (TPSA) is 143 Å². The number of benzene rings is 1. The van der Waals surface area contributed by atoms with Gasteiger partial charge in [-0.15, -0.1) is 0 Å². The normalized spacial score (nSPS) is 11.0. The van der Waals surface area contributed by atoms with E-state index in [1.165, 1.54) is 32.9 Å². The van der Waals surface area contributed by atoms with E-state index in [9.17, 15) is 14.4 Å². The average molecular weight is 499 g/mol. The van der Waals surface area contributed by atoms with Crippen LogP contribution in [-0.2, 0) is 18.9 Å². The number of nitrogens with one attached hydrogen (secondary N) is 1. The van der Waals surface area contributed by atoms with E-state index < -0.39 is 11.2 Å². The van der Waals surface area contributed by atoms with Crippen LogP contribution >= 0.6 is 11.8 Å². The van der Waals surface area contributed by atoms with Crippen molar-refractivity contribution < 1.29 is 18.8 Å². The number of hydrogen-bond acceptors (Lipinski definition) is 10. The molecule has 0 fully saturated rings. The van der Waals surface area contributed by atoms with Gasteiger partial charge in [-0.05, 0) is 25.1 Å². The lowest BCUT2D eigenvalue weighted by atomic mass is 10.2. The summed E-state index contributed by atoms with van der Waals surface area (Å²) in [5, 5.41) is 6.75. The summed E-state index contributed by atoms with van der Waals surface area (Å²) in [6.45, 7) is 1.71. The van der Waals surface area contributed by atoms with Gasteiger partial charge in [0.05, 0.1) is 20.0 Å². The first-order valence-corrected chi connectivity index (χ1v) is 11.3. The number of carbonyl (C=O) groups is 1. The number of aromatic nitrogens is 5. The highest BCUT2D eigenvalue weighted by Gasteiger charge is 2.20. The van der Waals surface area contributed by atoms with Gasteiger partial charge in [0.25, 0.3) is 5.56 Å². The highest BCUT2D eigenvalue weighted by atomic mass is 32.2. The molecular formula is C22H22N6O6S. The zero-order valence-electron chi connectivity index (χ0n) is 19.6. The summed E-state index contributed by atoms with van der Waals surface area (Å²) in [6.07, 6.45) is 0. The minimum atomic E-state index is -0.558. The van der Waals surface area contributed by atoms with Crippen LogP contribution in [0.1, 0.15) is 5.76 Å². The zero-order chi connectivity index (χ0) is 25.3. The molecule has 0 unspecified atom stereocenters. The van der Waals surface area contributed by atoms with Gasteiger partial charge < -0.3 is 19.3 Å². The molecule has 4 aromatic rings. The van der Waals surface area contributed by atoms with Crippen LogP contribution in [-0.4, -0.2) is 50.1 Å². The van der Waals surface area contributed by atoms with Gasteiger partial charge in [0.1, 0.15) is 16.2 Å². The van der Waals surface area contributed by atoms with Crippen molar-refractivity contribution in [3.8, 4) is 22.9 Å². The molecule has 0 spiro atoms. The van der Waals surface area contributed by atoms with Crippen molar-refractivity contribution in [2.45, 2.75) is 11.9 Å². The molecule has 3 heterocycles. The molecular weight excluding hydrogens is 476 g/mol. The van der Waals surface area contributed by atoms with E-state index in [1.807, 2.05) is 0 Å². The number of thioether (sulfide) groups is 1. The summed E-state index contributed by atoms with van der Waals surface area (Å²) < 4.78 is 17.9. The average Bonchev–Trinajstić information content (AvgIpc) is 3.27. The molecule has 35 heavy (non-hydrogen) atoms. The molecule has 0 saturated carbocycles. The molecule has 12 nitrogen and oxygen atoms in total. The predicted molar refractivity (Wildman–Crippen MR) is 129 cm³/mol. The maximum atomic E-state index is 13.0.